The summed E-state index contributed by atoms with van der Waals surface area (Å²) in [5.74, 6) is 0.591. The van der Waals surface area contributed by atoms with E-state index in [1.807, 2.05) is 0 Å². The second kappa shape index (κ2) is 6.16. The number of anilines is 2. The lowest BCUT2D eigenvalue weighted by Gasteiger charge is -2.33. The average molecular weight is 340 g/mol. The molecule has 5 nitrogen and oxygen atoms in total. The van der Waals surface area contributed by atoms with Crippen molar-refractivity contribution in [2.45, 2.75) is 50.3 Å². The molecule has 5 atom stereocenters. The molecule has 1 aromatic rings. The highest BCUT2D eigenvalue weighted by atomic mass is 19.1. The second-order valence-corrected chi connectivity index (χ2v) is 7.22. The molecule has 0 aromatic carbocycles. The maximum atomic E-state index is 13.8. The third-order valence-electron chi connectivity index (χ3n) is 5.53. The third-order valence-corrected chi connectivity index (χ3v) is 5.53. The van der Waals surface area contributed by atoms with Crippen molar-refractivity contribution in [1.82, 2.24) is 4.98 Å². The minimum absolute atomic E-state index is 0.0584. The number of hydrogen-bond acceptors (Lipinski definition) is 5. The summed E-state index contributed by atoms with van der Waals surface area (Å²) in [5.41, 5.74) is 2.08. The molecule has 0 spiro atoms. The van der Waals surface area contributed by atoms with Crippen molar-refractivity contribution in [1.29, 1.82) is 5.26 Å². The molecule has 0 saturated heterocycles. The van der Waals surface area contributed by atoms with Gasteiger partial charge in [0.05, 0.1) is 23.4 Å². The van der Waals surface area contributed by atoms with Crippen molar-refractivity contribution in [2.24, 2.45) is 5.92 Å². The fourth-order valence-corrected chi connectivity index (χ4v) is 4.18. The Hall–Kier alpha value is -2.39. The van der Waals surface area contributed by atoms with Gasteiger partial charge in [-0.25, -0.2) is 9.37 Å². The number of aliphatic hydroxyl groups excluding tert-OH is 1. The summed E-state index contributed by atoms with van der Waals surface area (Å²) in [7, 11) is 0. The average Bonchev–Trinajstić information content (AvgIpc) is 2.96. The number of hydrogen-bond donors (Lipinski definition) is 3. The largest absolute Gasteiger partial charge is 0.393 e. The van der Waals surface area contributed by atoms with Crippen molar-refractivity contribution in [3.05, 3.63) is 41.4 Å². The Balaban J connectivity index is 1.70. The molecular weight excluding hydrogens is 319 g/mol. The molecule has 1 saturated carbocycles. The van der Waals surface area contributed by atoms with Gasteiger partial charge in [-0.05, 0) is 37.3 Å². The van der Waals surface area contributed by atoms with Gasteiger partial charge in [-0.3, -0.25) is 0 Å². The number of nitrogens with zero attached hydrogens (tertiary/aromatic N) is 2. The molecule has 3 N–H and O–H groups in total. The van der Waals surface area contributed by atoms with Gasteiger partial charge in [-0.2, -0.15) is 5.26 Å². The molecule has 0 amide bonds. The predicted molar refractivity (Wildman–Crippen MR) is 93.9 cm³/mol. The topological polar surface area (TPSA) is 81.0 Å². The Morgan fingerprint density at radius 2 is 2.28 bits per heavy atom. The van der Waals surface area contributed by atoms with Crippen LogP contribution in [0, 0.1) is 17.2 Å². The first-order valence-corrected chi connectivity index (χ1v) is 8.76. The van der Waals surface area contributed by atoms with Gasteiger partial charge in [0.25, 0.3) is 0 Å². The Morgan fingerprint density at radius 1 is 1.44 bits per heavy atom. The van der Waals surface area contributed by atoms with Crippen LogP contribution < -0.4 is 10.6 Å². The molecule has 2 aliphatic carbocycles. The molecule has 1 aromatic heterocycles. The number of pyridine rings is 1. The highest BCUT2D eigenvalue weighted by Gasteiger charge is 2.37. The van der Waals surface area contributed by atoms with E-state index in [9.17, 15) is 14.8 Å². The van der Waals surface area contributed by atoms with Crippen molar-refractivity contribution < 1.29 is 9.50 Å². The van der Waals surface area contributed by atoms with E-state index in [1.165, 1.54) is 6.08 Å². The third kappa shape index (κ3) is 2.79. The number of halogens is 1. The fourth-order valence-electron chi connectivity index (χ4n) is 4.18. The molecule has 4 rings (SSSR count). The number of fused-ring (bicyclic) bond motifs is 3. The van der Waals surface area contributed by atoms with Gasteiger partial charge >= 0.3 is 0 Å². The van der Waals surface area contributed by atoms with Crippen molar-refractivity contribution in [3.8, 4) is 6.07 Å². The molecule has 2 unspecified atom stereocenters. The normalized spacial score (nSPS) is 32.9. The summed E-state index contributed by atoms with van der Waals surface area (Å²) >= 11 is 0. The van der Waals surface area contributed by atoms with Crippen LogP contribution in [-0.2, 0) is 0 Å². The van der Waals surface area contributed by atoms with Crippen LogP contribution in [-0.4, -0.2) is 28.3 Å². The highest BCUT2D eigenvalue weighted by Crippen LogP contribution is 2.45. The van der Waals surface area contributed by atoms with Crippen LogP contribution in [0.5, 0.6) is 0 Å². The molecule has 0 bridgehead atoms. The number of allylic oxidation sites excluding steroid dienone is 2. The van der Waals surface area contributed by atoms with Crippen molar-refractivity contribution in [2.75, 3.05) is 10.6 Å². The SMILES string of the molecule is C[C@@H]1C[C@H](O)CC[C@H]1Nc1ncc(C#N)c2c1C1C=C(F)C=CC1N2. The lowest BCUT2D eigenvalue weighted by atomic mass is 9.83. The summed E-state index contributed by atoms with van der Waals surface area (Å²) in [6.45, 7) is 2.12. The van der Waals surface area contributed by atoms with E-state index in [4.69, 9.17) is 0 Å². The van der Waals surface area contributed by atoms with Crippen LogP contribution in [0.2, 0.25) is 0 Å². The van der Waals surface area contributed by atoms with Crippen LogP contribution in [0.25, 0.3) is 0 Å². The number of nitrogens with one attached hydrogen (secondary N) is 2. The summed E-state index contributed by atoms with van der Waals surface area (Å²) in [6, 6.07) is 2.32. The summed E-state index contributed by atoms with van der Waals surface area (Å²) in [6.07, 6.45) is 8.56. The van der Waals surface area contributed by atoms with Gasteiger partial charge in [0.2, 0.25) is 0 Å². The van der Waals surface area contributed by atoms with Gasteiger partial charge in [-0.15, -0.1) is 0 Å². The van der Waals surface area contributed by atoms with Gasteiger partial charge in [0, 0.05) is 23.7 Å². The highest BCUT2D eigenvalue weighted by molar-refractivity contribution is 5.76. The smallest absolute Gasteiger partial charge is 0.132 e. The zero-order valence-electron chi connectivity index (χ0n) is 14.0. The number of aromatic nitrogens is 1. The molecule has 130 valence electrons. The minimum Gasteiger partial charge on any atom is -0.393 e. The predicted octanol–water partition coefficient (Wildman–Crippen LogP) is 3.22. The standard InChI is InChI=1S/C19H21FN4O/c1-10-6-13(25)3-5-15(10)24-19-17-14-7-12(20)2-4-16(14)23-18(17)11(8-21)9-22-19/h2,4,7,9-10,13-16,23,25H,3,5-6H2,1H3,(H,22,24)/t10-,13-,14?,15-,16?/m1/s1. The maximum absolute atomic E-state index is 13.8. The first-order chi connectivity index (χ1) is 12.1. The number of nitriles is 1. The minimum atomic E-state index is -0.265. The van der Waals surface area contributed by atoms with Gasteiger partial charge in [0.15, 0.2) is 0 Å². The van der Waals surface area contributed by atoms with Crippen molar-refractivity contribution >= 4 is 11.5 Å². The molecule has 3 aliphatic rings. The summed E-state index contributed by atoms with van der Waals surface area (Å²) in [4.78, 5) is 4.47. The molecule has 1 fully saturated rings. The van der Waals surface area contributed by atoms with E-state index >= 15 is 0 Å². The van der Waals surface area contributed by atoms with Crippen LogP contribution in [0.1, 0.15) is 43.2 Å². The number of aliphatic hydroxyl groups is 1. The number of rotatable bonds is 2. The van der Waals surface area contributed by atoms with Gasteiger partial charge in [-0.1, -0.05) is 13.0 Å². The molecule has 1 aliphatic heterocycles. The molecule has 6 heteroatoms. The Morgan fingerprint density at radius 3 is 3.04 bits per heavy atom. The first-order valence-electron chi connectivity index (χ1n) is 8.76. The van der Waals surface area contributed by atoms with Crippen LogP contribution in [0.4, 0.5) is 15.9 Å². The quantitative estimate of drug-likeness (QED) is 0.770. The molecule has 0 radical (unpaired) electrons. The van der Waals surface area contributed by atoms with E-state index in [-0.39, 0.29) is 29.9 Å². The maximum Gasteiger partial charge on any atom is 0.132 e. The van der Waals surface area contributed by atoms with E-state index in [0.717, 1.165) is 30.5 Å². The first kappa shape index (κ1) is 16.1. The lowest BCUT2D eigenvalue weighted by molar-refractivity contribution is 0.0998. The fraction of sp³-hybridized carbons (Fsp3) is 0.474. The lowest BCUT2D eigenvalue weighted by Crippen LogP contribution is -2.36. The van der Waals surface area contributed by atoms with Gasteiger partial charge in [0.1, 0.15) is 17.7 Å². The van der Waals surface area contributed by atoms with Gasteiger partial charge < -0.3 is 15.7 Å². The zero-order valence-corrected chi connectivity index (χ0v) is 14.0. The molecule has 25 heavy (non-hydrogen) atoms. The monoisotopic (exact) mass is 340 g/mol. The van der Waals surface area contributed by atoms with Crippen LogP contribution in [0.15, 0.2) is 30.3 Å². The van der Waals surface area contributed by atoms with E-state index in [1.54, 1.807) is 18.3 Å². The van der Waals surface area contributed by atoms with E-state index in [0.29, 0.717) is 17.3 Å². The van der Waals surface area contributed by atoms with E-state index in [2.05, 4.69) is 28.6 Å². The van der Waals surface area contributed by atoms with Crippen LogP contribution in [0.3, 0.4) is 0 Å². The van der Waals surface area contributed by atoms with Crippen molar-refractivity contribution in [3.63, 3.8) is 0 Å². The Labute approximate surface area is 146 Å². The second-order valence-electron chi connectivity index (χ2n) is 7.22. The summed E-state index contributed by atoms with van der Waals surface area (Å²) in [5, 5.41) is 26.0. The van der Waals surface area contributed by atoms with Crippen LogP contribution >= 0.6 is 0 Å². The zero-order chi connectivity index (χ0) is 17.6. The Bertz CT molecular complexity index is 797. The molecule has 2 heterocycles. The molecular formula is C19H21FN4O. The summed E-state index contributed by atoms with van der Waals surface area (Å²) < 4.78 is 13.8. The Kier molecular flexibility index (Phi) is 3.97. The van der Waals surface area contributed by atoms with E-state index < -0.39 is 0 Å².